The molecule has 5 heteroatoms. The minimum absolute atomic E-state index is 0.0115. The van der Waals surface area contributed by atoms with Gasteiger partial charge in [0.2, 0.25) is 5.91 Å². The SMILES string of the molecule is CCC(CC)(CN)C(=O)NC1CCC(C(=O)O)C1. The standard InChI is InChI=1S/C13H24N2O3/c1-3-13(4-2,8-14)12(18)15-10-6-5-9(7-10)11(16)17/h9-10H,3-8,14H2,1-2H3,(H,15,18)(H,16,17). The molecule has 1 aliphatic rings. The first-order valence-corrected chi connectivity index (χ1v) is 6.73. The fraction of sp³-hybridized carbons (Fsp3) is 0.846. The van der Waals surface area contributed by atoms with Crippen LogP contribution in [0.25, 0.3) is 0 Å². The second-order valence-electron chi connectivity index (χ2n) is 5.21. The van der Waals surface area contributed by atoms with Gasteiger partial charge in [-0.1, -0.05) is 13.8 Å². The lowest BCUT2D eigenvalue weighted by atomic mass is 9.81. The number of aliphatic carboxylic acids is 1. The lowest BCUT2D eigenvalue weighted by molar-refractivity contribution is -0.141. The molecule has 5 nitrogen and oxygen atoms in total. The van der Waals surface area contributed by atoms with Gasteiger partial charge in [0.1, 0.15) is 0 Å². The third-order valence-corrected chi connectivity index (χ3v) is 4.34. The fourth-order valence-electron chi connectivity index (χ4n) is 2.63. The van der Waals surface area contributed by atoms with Gasteiger partial charge in [0.25, 0.3) is 0 Å². The highest BCUT2D eigenvalue weighted by atomic mass is 16.4. The molecular weight excluding hydrogens is 232 g/mol. The van der Waals surface area contributed by atoms with Crippen LogP contribution in [-0.4, -0.2) is 29.6 Å². The number of amides is 1. The third kappa shape index (κ3) is 3.02. The Balaban J connectivity index is 2.58. The summed E-state index contributed by atoms with van der Waals surface area (Å²) in [7, 11) is 0. The van der Waals surface area contributed by atoms with E-state index < -0.39 is 11.4 Å². The average molecular weight is 256 g/mol. The lowest BCUT2D eigenvalue weighted by Crippen LogP contribution is -2.48. The van der Waals surface area contributed by atoms with Gasteiger partial charge in [-0.3, -0.25) is 9.59 Å². The number of nitrogens with two attached hydrogens (primary N) is 1. The van der Waals surface area contributed by atoms with Crippen LogP contribution < -0.4 is 11.1 Å². The van der Waals surface area contributed by atoms with E-state index in [1.807, 2.05) is 13.8 Å². The van der Waals surface area contributed by atoms with Crippen molar-refractivity contribution in [3.63, 3.8) is 0 Å². The summed E-state index contributed by atoms with van der Waals surface area (Å²) in [6.45, 7) is 4.26. The molecule has 18 heavy (non-hydrogen) atoms. The maximum atomic E-state index is 12.3. The molecule has 1 saturated carbocycles. The predicted octanol–water partition coefficient (Wildman–Crippen LogP) is 1.12. The van der Waals surface area contributed by atoms with Crippen LogP contribution in [0.4, 0.5) is 0 Å². The number of rotatable bonds is 6. The van der Waals surface area contributed by atoms with Crippen molar-refractivity contribution < 1.29 is 14.7 Å². The molecule has 1 aliphatic carbocycles. The van der Waals surface area contributed by atoms with Gasteiger partial charge < -0.3 is 16.2 Å². The average Bonchev–Trinajstić information content (AvgIpc) is 2.81. The first-order chi connectivity index (χ1) is 8.49. The summed E-state index contributed by atoms with van der Waals surface area (Å²) in [4.78, 5) is 23.1. The fourth-order valence-corrected chi connectivity index (χ4v) is 2.63. The topological polar surface area (TPSA) is 92.4 Å². The minimum atomic E-state index is -0.761. The maximum absolute atomic E-state index is 12.3. The number of hydrogen-bond acceptors (Lipinski definition) is 3. The first kappa shape index (κ1) is 15.0. The van der Waals surface area contributed by atoms with E-state index in [0.717, 1.165) is 6.42 Å². The molecule has 0 bridgehead atoms. The van der Waals surface area contributed by atoms with Gasteiger partial charge in [0.05, 0.1) is 11.3 Å². The van der Waals surface area contributed by atoms with Crippen molar-refractivity contribution >= 4 is 11.9 Å². The smallest absolute Gasteiger partial charge is 0.306 e. The van der Waals surface area contributed by atoms with Gasteiger partial charge in [-0.05, 0) is 32.1 Å². The van der Waals surface area contributed by atoms with Gasteiger partial charge in [0.15, 0.2) is 0 Å². The van der Waals surface area contributed by atoms with Gasteiger partial charge in [-0.2, -0.15) is 0 Å². The van der Waals surface area contributed by atoms with Crippen LogP contribution >= 0.6 is 0 Å². The van der Waals surface area contributed by atoms with Gasteiger partial charge in [-0.15, -0.1) is 0 Å². The van der Waals surface area contributed by atoms with Crippen LogP contribution in [0.1, 0.15) is 46.0 Å². The van der Waals surface area contributed by atoms with Gasteiger partial charge >= 0.3 is 5.97 Å². The number of hydrogen-bond donors (Lipinski definition) is 3. The van der Waals surface area contributed by atoms with E-state index in [0.29, 0.717) is 32.2 Å². The normalized spacial score (nSPS) is 23.9. The first-order valence-electron chi connectivity index (χ1n) is 6.73. The lowest BCUT2D eigenvalue weighted by Gasteiger charge is -2.30. The predicted molar refractivity (Wildman–Crippen MR) is 69.0 cm³/mol. The molecule has 1 fully saturated rings. The number of carboxylic acid groups (broad SMARTS) is 1. The molecule has 0 aromatic rings. The van der Waals surface area contributed by atoms with E-state index >= 15 is 0 Å². The summed E-state index contributed by atoms with van der Waals surface area (Å²) in [5.74, 6) is -1.10. The second kappa shape index (κ2) is 6.18. The van der Waals surface area contributed by atoms with Gasteiger partial charge in [0, 0.05) is 12.6 Å². The highest BCUT2D eigenvalue weighted by Crippen LogP contribution is 2.29. The molecule has 4 N–H and O–H groups in total. The molecular formula is C13H24N2O3. The molecule has 2 unspecified atom stereocenters. The number of nitrogens with one attached hydrogen (secondary N) is 1. The van der Waals surface area contributed by atoms with Crippen molar-refractivity contribution in [3.05, 3.63) is 0 Å². The molecule has 2 atom stereocenters. The zero-order valence-electron chi connectivity index (χ0n) is 11.2. The summed E-state index contributed by atoms with van der Waals surface area (Å²) in [5, 5.41) is 11.9. The summed E-state index contributed by atoms with van der Waals surface area (Å²) in [6, 6.07) is -0.0115. The Kier molecular flexibility index (Phi) is 5.14. The molecule has 0 saturated heterocycles. The monoisotopic (exact) mass is 256 g/mol. The minimum Gasteiger partial charge on any atom is -0.481 e. The molecule has 0 aliphatic heterocycles. The van der Waals surface area contributed by atoms with E-state index in [1.165, 1.54) is 0 Å². The van der Waals surface area contributed by atoms with Crippen LogP contribution in [0.3, 0.4) is 0 Å². The summed E-state index contributed by atoms with van der Waals surface area (Å²) in [5.41, 5.74) is 5.23. The number of carbonyl (C=O) groups is 2. The molecule has 1 rings (SSSR count). The summed E-state index contributed by atoms with van der Waals surface area (Å²) in [6.07, 6.45) is 3.35. The number of carbonyl (C=O) groups excluding carboxylic acids is 1. The zero-order chi connectivity index (χ0) is 13.8. The Bertz CT molecular complexity index is 305. The van der Waals surface area contributed by atoms with Crippen molar-refractivity contribution in [2.45, 2.75) is 52.0 Å². The Morgan fingerprint density at radius 2 is 1.94 bits per heavy atom. The van der Waals surface area contributed by atoms with Crippen LogP contribution in [0.5, 0.6) is 0 Å². The Hall–Kier alpha value is -1.10. The van der Waals surface area contributed by atoms with E-state index in [-0.39, 0.29) is 17.9 Å². The van der Waals surface area contributed by atoms with Crippen LogP contribution in [0.2, 0.25) is 0 Å². The Morgan fingerprint density at radius 3 is 2.33 bits per heavy atom. The molecule has 104 valence electrons. The Morgan fingerprint density at radius 1 is 1.33 bits per heavy atom. The molecule has 0 aromatic heterocycles. The molecule has 0 spiro atoms. The third-order valence-electron chi connectivity index (χ3n) is 4.34. The van der Waals surface area contributed by atoms with Crippen molar-refractivity contribution in [2.75, 3.05) is 6.54 Å². The van der Waals surface area contributed by atoms with E-state index in [1.54, 1.807) is 0 Å². The highest BCUT2D eigenvalue weighted by Gasteiger charge is 2.37. The summed E-state index contributed by atoms with van der Waals surface area (Å²) >= 11 is 0. The van der Waals surface area contributed by atoms with Gasteiger partial charge in [-0.25, -0.2) is 0 Å². The largest absolute Gasteiger partial charge is 0.481 e. The van der Waals surface area contributed by atoms with Crippen LogP contribution in [0.15, 0.2) is 0 Å². The van der Waals surface area contributed by atoms with E-state index in [2.05, 4.69) is 5.32 Å². The van der Waals surface area contributed by atoms with Crippen LogP contribution in [-0.2, 0) is 9.59 Å². The van der Waals surface area contributed by atoms with Crippen molar-refractivity contribution in [2.24, 2.45) is 17.1 Å². The van der Waals surface area contributed by atoms with Crippen LogP contribution in [0, 0.1) is 11.3 Å². The number of carboxylic acids is 1. The quantitative estimate of drug-likeness (QED) is 0.664. The van der Waals surface area contributed by atoms with Crippen molar-refractivity contribution in [1.29, 1.82) is 0 Å². The van der Waals surface area contributed by atoms with E-state index in [4.69, 9.17) is 10.8 Å². The van der Waals surface area contributed by atoms with E-state index in [9.17, 15) is 9.59 Å². The molecule has 0 radical (unpaired) electrons. The highest BCUT2D eigenvalue weighted by molar-refractivity contribution is 5.83. The second-order valence-corrected chi connectivity index (χ2v) is 5.21. The van der Waals surface area contributed by atoms with Crippen molar-refractivity contribution in [1.82, 2.24) is 5.32 Å². The maximum Gasteiger partial charge on any atom is 0.306 e. The zero-order valence-corrected chi connectivity index (χ0v) is 11.2. The molecule has 1 amide bonds. The van der Waals surface area contributed by atoms with Crippen molar-refractivity contribution in [3.8, 4) is 0 Å². The summed E-state index contributed by atoms with van der Waals surface area (Å²) < 4.78 is 0. The molecule has 0 aromatic carbocycles. The Labute approximate surface area is 108 Å². The molecule has 0 heterocycles.